The Morgan fingerprint density at radius 2 is 1.95 bits per heavy atom. The molecule has 1 amide bonds. The van der Waals surface area contributed by atoms with Gasteiger partial charge in [-0.15, -0.1) is 12.4 Å². The average Bonchev–Trinajstić information content (AvgIpc) is 2.91. The Morgan fingerprint density at radius 1 is 1.16 bits per heavy atom. The molecule has 4 heteroatoms. The predicted octanol–water partition coefficient (Wildman–Crippen LogP) is 2.35. The van der Waals surface area contributed by atoms with Gasteiger partial charge in [-0.3, -0.25) is 4.79 Å². The molecule has 1 atom stereocenters. The summed E-state index contributed by atoms with van der Waals surface area (Å²) < 4.78 is 0. The van der Waals surface area contributed by atoms with E-state index in [1.807, 2.05) is 36.4 Å². The lowest BCUT2D eigenvalue weighted by Crippen LogP contribution is -2.36. The summed E-state index contributed by atoms with van der Waals surface area (Å²) in [5.41, 5.74) is 0.737. The van der Waals surface area contributed by atoms with Crippen molar-refractivity contribution in [3.8, 4) is 0 Å². The summed E-state index contributed by atoms with van der Waals surface area (Å²) in [7, 11) is 0. The van der Waals surface area contributed by atoms with Crippen LogP contribution in [-0.4, -0.2) is 25.0 Å². The Morgan fingerprint density at radius 3 is 2.68 bits per heavy atom. The van der Waals surface area contributed by atoms with E-state index in [9.17, 15) is 4.79 Å². The van der Waals surface area contributed by atoms with Crippen molar-refractivity contribution >= 4 is 29.1 Å². The van der Waals surface area contributed by atoms with Crippen LogP contribution in [0.25, 0.3) is 10.8 Å². The summed E-state index contributed by atoms with van der Waals surface area (Å²) in [5, 5.41) is 8.57. The quantitative estimate of drug-likeness (QED) is 0.884. The highest BCUT2D eigenvalue weighted by molar-refractivity contribution is 5.98. The van der Waals surface area contributed by atoms with E-state index >= 15 is 0 Å². The molecule has 0 aliphatic carbocycles. The molecule has 1 aliphatic heterocycles. The third kappa shape index (κ3) is 3.06. The molecule has 2 aromatic carbocycles. The first kappa shape index (κ1) is 13.8. The molecule has 1 unspecified atom stereocenters. The Balaban J connectivity index is 0.00000133. The van der Waals surface area contributed by atoms with Crippen LogP contribution in [0.1, 0.15) is 16.8 Å². The number of benzene rings is 2. The van der Waals surface area contributed by atoms with Gasteiger partial charge in [-0.05, 0) is 35.9 Å². The van der Waals surface area contributed by atoms with E-state index in [1.165, 1.54) is 0 Å². The van der Waals surface area contributed by atoms with Gasteiger partial charge in [0.05, 0.1) is 0 Å². The molecule has 3 rings (SSSR count). The van der Waals surface area contributed by atoms with Gasteiger partial charge in [-0.1, -0.05) is 30.3 Å². The molecule has 1 saturated heterocycles. The molecule has 100 valence electrons. The van der Waals surface area contributed by atoms with Crippen molar-refractivity contribution in [2.75, 3.05) is 13.1 Å². The molecule has 0 radical (unpaired) electrons. The van der Waals surface area contributed by atoms with Crippen LogP contribution < -0.4 is 10.6 Å². The zero-order valence-electron chi connectivity index (χ0n) is 10.6. The summed E-state index contributed by atoms with van der Waals surface area (Å²) in [6.45, 7) is 1.86. The van der Waals surface area contributed by atoms with Gasteiger partial charge in [0.25, 0.3) is 5.91 Å². The molecule has 1 heterocycles. The third-order valence-electron chi connectivity index (χ3n) is 3.41. The van der Waals surface area contributed by atoms with E-state index in [0.29, 0.717) is 0 Å². The van der Waals surface area contributed by atoms with Gasteiger partial charge < -0.3 is 10.6 Å². The topological polar surface area (TPSA) is 41.1 Å². The highest BCUT2D eigenvalue weighted by Crippen LogP contribution is 2.15. The van der Waals surface area contributed by atoms with E-state index in [0.717, 1.165) is 35.8 Å². The molecule has 0 aromatic heterocycles. The predicted molar refractivity (Wildman–Crippen MR) is 79.9 cm³/mol. The molecular weight excluding hydrogens is 260 g/mol. The second-order valence-electron chi connectivity index (χ2n) is 4.73. The fourth-order valence-electron chi connectivity index (χ4n) is 2.38. The number of carbonyl (C=O) groups excluding carboxylic acids is 1. The second-order valence-corrected chi connectivity index (χ2v) is 4.73. The molecule has 2 aromatic rings. The maximum Gasteiger partial charge on any atom is 0.251 e. The number of fused-ring (bicyclic) bond motifs is 1. The lowest BCUT2D eigenvalue weighted by Gasteiger charge is -2.11. The maximum atomic E-state index is 12.1. The lowest BCUT2D eigenvalue weighted by atomic mass is 10.1. The fourth-order valence-corrected chi connectivity index (χ4v) is 2.38. The molecule has 0 saturated carbocycles. The van der Waals surface area contributed by atoms with Gasteiger partial charge in [0.15, 0.2) is 0 Å². The first-order chi connectivity index (χ1) is 8.83. The highest BCUT2D eigenvalue weighted by atomic mass is 35.5. The zero-order valence-corrected chi connectivity index (χ0v) is 11.4. The number of amides is 1. The Kier molecular flexibility index (Phi) is 4.40. The summed E-state index contributed by atoms with van der Waals surface area (Å²) >= 11 is 0. The van der Waals surface area contributed by atoms with Crippen molar-refractivity contribution in [3.63, 3.8) is 0 Å². The number of nitrogens with one attached hydrogen (secondary N) is 2. The number of hydrogen-bond donors (Lipinski definition) is 2. The van der Waals surface area contributed by atoms with Gasteiger partial charge in [-0.2, -0.15) is 0 Å². The first-order valence-corrected chi connectivity index (χ1v) is 6.33. The molecule has 0 bridgehead atoms. The fraction of sp³-hybridized carbons (Fsp3) is 0.267. The van der Waals surface area contributed by atoms with Crippen LogP contribution in [0, 0.1) is 0 Å². The van der Waals surface area contributed by atoms with E-state index in [1.54, 1.807) is 0 Å². The highest BCUT2D eigenvalue weighted by Gasteiger charge is 2.17. The number of hydrogen-bond acceptors (Lipinski definition) is 2. The number of rotatable bonds is 2. The smallest absolute Gasteiger partial charge is 0.251 e. The first-order valence-electron chi connectivity index (χ1n) is 6.33. The van der Waals surface area contributed by atoms with Crippen molar-refractivity contribution in [1.29, 1.82) is 0 Å². The van der Waals surface area contributed by atoms with Gasteiger partial charge in [0, 0.05) is 18.2 Å². The molecule has 0 spiro atoms. The van der Waals surface area contributed by atoms with Gasteiger partial charge in [-0.25, -0.2) is 0 Å². The van der Waals surface area contributed by atoms with Crippen LogP contribution in [0.4, 0.5) is 0 Å². The van der Waals surface area contributed by atoms with Gasteiger partial charge in [0.1, 0.15) is 0 Å². The summed E-state index contributed by atoms with van der Waals surface area (Å²) in [6, 6.07) is 14.2. The van der Waals surface area contributed by atoms with Crippen molar-refractivity contribution < 1.29 is 4.79 Å². The van der Waals surface area contributed by atoms with Crippen LogP contribution in [0.3, 0.4) is 0 Å². The zero-order chi connectivity index (χ0) is 12.4. The Hall–Kier alpha value is -1.58. The van der Waals surface area contributed by atoms with E-state index in [4.69, 9.17) is 0 Å². The Labute approximate surface area is 118 Å². The van der Waals surface area contributed by atoms with Crippen molar-refractivity contribution in [2.24, 2.45) is 0 Å². The lowest BCUT2D eigenvalue weighted by molar-refractivity contribution is 0.0940. The molecule has 19 heavy (non-hydrogen) atoms. The summed E-state index contributed by atoms with van der Waals surface area (Å²) in [4.78, 5) is 12.1. The van der Waals surface area contributed by atoms with E-state index in [2.05, 4.69) is 16.7 Å². The average molecular weight is 277 g/mol. The monoisotopic (exact) mass is 276 g/mol. The van der Waals surface area contributed by atoms with Crippen molar-refractivity contribution in [3.05, 3.63) is 48.0 Å². The molecule has 1 aliphatic rings. The van der Waals surface area contributed by atoms with E-state index < -0.39 is 0 Å². The van der Waals surface area contributed by atoms with Gasteiger partial charge in [0.2, 0.25) is 0 Å². The van der Waals surface area contributed by atoms with Crippen LogP contribution in [-0.2, 0) is 0 Å². The number of halogens is 1. The Bertz CT molecular complexity index is 579. The van der Waals surface area contributed by atoms with Crippen LogP contribution in [0.15, 0.2) is 42.5 Å². The van der Waals surface area contributed by atoms with Gasteiger partial charge >= 0.3 is 0 Å². The maximum absolute atomic E-state index is 12.1. The minimum Gasteiger partial charge on any atom is -0.348 e. The molecular formula is C15H17ClN2O. The van der Waals surface area contributed by atoms with Crippen LogP contribution in [0.2, 0.25) is 0 Å². The SMILES string of the molecule is Cl.O=C(NC1CCNC1)c1ccc2ccccc2c1. The summed E-state index contributed by atoms with van der Waals surface area (Å²) in [5.74, 6) is 0.0226. The van der Waals surface area contributed by atoms with Crippen LogP contribution in [0.5, 0.6) is 0 Å². The van der Waals surface area contributed by atoms with Crippen molar-refractivity contribution in [1.82, 2.24) is 10.6 Å². The molecule has 3 nitrogen and oxygen atoms in total. The molecule has 2 N–H and O–H groups in total. The van der Waals surface area contributed by atoms with Crippen LogP contribution >= 0.6 is 12.4 Å². The standard InChI is InChI=1S/C15H16N2O.ClH/c18-15(17-14-7-8-16-10-14)13-6-5-11-3-1-2-4-12(11)9-13;/h1-6,9,14,16H,7-8,10H2,(H,17,18);1H. The normalized spacial score (nSPS) is 18.0. The minimum atomic E-state index is 0. The minimum absolute atomic E-state index is 0. The second kappa shape index (κ2) is 6.04. The summed E-state index contributed by atoms with van der Waals surface area (Å²) in [6.07, 6.45) is 1.01. The third-order valence-corrected chi connectivity index (χ3v) is 3.41. The molecule has 1 fully saturated rings. The van der Waals surface area contributed by atoms with E-state index in [-0.39, 0.29) is 24.4 Å². The van der Waals surface area contributed by atoms with Crippen molar-refractivity contribution in [2.45, 2.75) is 12.5 Å². The largest absolute Gasteiger partial charge is 0.348 e. The number of carbonyl (C=O) groups is 1.